The molecule has 90 valence electrons. The molecule has 1 aliphatic carbocycles. The Morgan fingerprint density at radius 2 is 2.00 bits per heavy atom. The number of nitrogens with zero attached hydrogens (tertiary/aromatic N) is 2. The largest absolute Gasteiger partial charge is 0.300 e. The number of likely N-dealkylation sites (tertiary alicyclic amines) is 1. The van der Waals surface area contributed by atoms with Gasteiger partial charge in [-0.05, 0) is 59.8 Å². The van der Waals surface area contributed by atoms with Crippen molar-refractivity contribution in [2.24, 2.45) is 0 Å². The molecule has 2 heterocycles. The van der Waals surface area contributed by atoms with Gasteiger partial charge < -0.3 is 0 Å². The maximum atomic E-state index is 4.46. The molecule has 1 saturated carbocycles. The molecule has 1 aromatic rings. The Morgan fingerprint density at radius 3 is 2.65 bits per heavy atom. The number of aromatic nitrogens is 1. The first kappa shape index (κ1) is 11.4. The third-order valence-electron chi connectivity index (χ3n) is 3.59. The van der Waals surface area contributed by atoms with E-state index in [9.17, 15) is 0 Å². The molecule has 1 aromatic heterocycles. The fourth-order valence-electron chi connectivity index (χ4n) is 2.47. The van der Waals surface area contributed by atoms with Crippen molar-refractivity contribution >= 4 is 22.0 Å². The van der Waals surface area contributed by atoms with Crippen LogP contribution in [0.3, 0.4) is 0 Å². The van der Waals surface area contributed by atoms with E-state index in [1.807, 2.05) is 12.1 Å². The molecule has 0 radical (unpaired) electrons. The van der Waals surface area contributed by atoms with Gasteiger partial charge in [0.2, 0.25) is 0 Å². The molecule has 0 aromatic carbocycles. The fourth-order valence-corrected chi connectivity index (χ4v) is 2.83. The monoisotopic (exact) mass is 292 g/mol. The SMILES string of the molecule is Brc1cccc(C=C2CCN(C3CC3)CC2)n1. The zero-order valence-electron chi connectivity index (χ0n) is 9.90. The lowest BCUT2D eigenvalue weighted by Gasteiger charge is -2.28. The summed E-state index contributed by atoms with van der Waals surface area (Å²) in [6.45, 7) is 2.48. The maximum Gasteiger partial charge on any atom is 0.106 e. The molecule has 0 spiro atoms. The molecule has 0 N–H and O–H groups in total. The van der Waals surface area contributed by atoms with Crippen LogP contribution in [-0.2, 0) is 0 Å². The summed E-state index contributed by atoms with van der Waals surface area (Å²) in [5.74, 6) is 0. The van der Waals surface area contributed by atoms with Crippen molar-refractivity contribution in [2.45, 2.75) is 31.7 Å². The fraction of sp³-hybridized carbons (Fsp3) is 0.500. The number of pyridine rings is 1. The summed E-state index contributed by atoms with van der Waals surface area (Å²) in [6.07, 6.45) is 7.53. The van der Waals surface area contributed by atoms with Crippen LogP contribution in [0.25, 0.3) is 6.08 Å². The van der Waals surface area contributed by atoms with Crippen molar-refractivity contribution in [3.05, 3.63) is 34.1 Å². The van der Waals surface area contributed by atoms with E-state index in [0.717, 1.165) is 16.3 Å². The highest BCUT2D eigenvalue weighted by Gasteiger charge is 2.30. The number of piperidine rings is 1. The molecule has 0 atom stereocenters. The second-order valence-corrected chi connectivity index (χ2v) is 5.77. The summed E-state index contributed by atoms with van der Waals surface area (Å²) in [4.78, 5) is 7.10. The summed E-state index contributed by atoms with van der Waals surface area (Å²) in [5.41, 5.74) is 2.63. The first-order valence-electron chi connectivity index (χ1n) is 6.37. The lowest BCUT2D eigenvalue weighted by atomic mass is 10.0. The molecule has 2 fully saturated rings. The first-order chi connectivity index (χ1) is 8.31. The number of hydrogen-bond donors (Lipinski definition) is 0. The highest BCUT2D eigenvalue weighted by molar-refractivity contribution is 9.10. The molecule has 2 nitrogen and oxygen atoms in total. The van der Waals surface area contributed by atoms with E-state index in [1.54, 1.807) is 5.57 Å². The quantitative estimate of drug-likeness (QED) is 0.776. The van der Waals surface area contributed by atoms with Crippen molar-refractivity contribution < 1.29 is 0 Å². The van der Waals surface area contributed by atoms with Crippen LogP contribution in [-0.4, -0.2) is 29.0 Å². The number of hydrogen-bond acceptors (Lipinski definition) is 2. The third-order valence-corrected chi connectivity index (χ3v) is 4.03. The lowest BCUT2D eigenvalue weighted by Crippen LogP contribution is -2.32. The van der Waals surface area contributed by atoms with Gasteiger partial charge in [0.05, 0.1) is 5.69 Å². The van der Waals surface area contributed by atoms with Gasteiger partial charge in [0, 0.05) is 19.1 Å². The smallest absolute Gasteiger partial charge is 0.106 e. The molecular weight excluding hydrogens is 276 g/mol. The Balaban J connectivity index is 1.65. The van der Waals surface area contributed by atoms with Crippen LogP contribution >= 0.6 is 15.9 Å². The summed E-state index contributed by atoms with van der Waals surface area (Å²) in [5, 5.41) is 0. The van der Waals surface area contributed by atoms with Crippen LogP contribution in [0, 0.1) is 0 Å². The molecule has 1 aliphatic heterocycles. The zero-order chi connectivity index (χ0) is 11.7. The predicted octanol–water partition coefficient (Wildman–Crippen LogP) is 3.49. The van der Waals surface area contributed by atoms with Crippen LogP contribution < -0.4 is 0 Å². The van der Waals surface area contributed by atoms with E-state index >= 15 is 0 Å². The zero-order valence-corrected chi connectivity index (χ0v) is 11.5. The Morgan fingerprint density at radius 1 is 1.24 bits per heavy atom. The van der Waals surface area contributed by atoms with Gasteiger partial charge in [-0.3, -0.25) is 4.90 Å². The van der Waals surface area contributed by atoms with E-state index in [1.165, 1.54) is 38.8 Å². The standard InChI is InChI=1S/C14H17BrN2/c15-14-3-1-2-12(16-14)10-11-6-8-17(9-7-11)13-4-5-13/h1-3,10,13H,4-9H2. The van der Waals surface area contributed by atoms with E-state index in [4.69, 9.17) is 0 Å². The Kier molecular flexibility index (Phi) is 3.30. The first-order valence-corrected chi connectivity index (χ1v) is 7.16. The van der Waals surface area contributed by atoms with Gasteiger partial charge in [0.25, 0.3) is 0 Å². The average Bonchev–Trinajstić information content (AvgIpc) is 3.14. The number of rotatable bonds is 2. The molecular formula is C14H17BrN2. The van der Waals surface area contributed by atoms with E-state index < -0.39 is 0 Å². The van der Waals surface area contributed by atoms with Gasteiger partial charge in [-0.1, -0.05) is 11.6 Å². The van der Waals surface area contributed by atoms with Crippen molar-refractivity contribution in [2.75, 3.05) is 13.1 Å². The molecule has 2 aliphatic rings. The van der Waals surface area contributed by atoms with Crippen molar-refractivity contribution in [3.8, 4) is 0 Å². The Bertz CT molecular complexity index is 428. The van der Waals surface area contributed by atoms with Crippen molar-refractivity contribution in [3.63, 3.8) is 0 Å². The summed E-state index contributed by atoms with van der Waals surface area (Å²) in [6, 6.07) is 7.01. The van der Waals surface area contributed by atoms with Gasteiger partial charge in [-0.15, -0.1) is 0 Å². The molecule has 17 heavy (non-hydrogen) atoms. The van der Waals surface area contributed by atoms with E-state index in [0.29, 0.717) is 0 Å². The van der Waals surface area contributed by atoms with Crippen LogP contribution in [0.15, 0.2) is 28.4 Å². The molecule has 0 amide bonds. The second-order valence-electron chi connectivity index (χ2n) is 4.95. The Labute approximate surface area is 111 Å². The normalized spacial score (nSPS) is 21.6. The van der Waals surface area contributed by atoms with Crippen LogP contribution in [0.1, 0.15) is 31.4 Å². The van der Waals surface area contributed by atoms with Crippen LogP contribution in [0.4, 0.5) is 0 Å². The van der Waals surface area contributed by atoms with Crippen LogP contribution in [0.2, 0.25) is 0 Å². The van der Waals surface area contributed by atoms with E-state index in [2.05, 4.69) is 38.0 Å². The molecule has 3 rings (SSSR count). The molecule has 3 heteroatoms. The number of halogens is 1. The summed E-state index contributed by atoms with van der Waals surface area (Å²) >= 11 is 3.42. The highest BCUT2D eigenvalue weighted by Crippen LogP contribution is 2.31. The third kappa shape index (κ3) is 2.96. The summed E-state index contributed by atoms with van der Waals surface area (Å²) < 4.78 is 0.919. The van der Waals surface area contributed by atoms with Crippen molar-refractivity contribution in [1.82, 2.24) is 9.88 Å². The Hall–Kier alpha value is -0.670. The molecule has 1 saturated heterocycles. The lowest BCUT2D eigenvalue weighted by molar-refractivity contribution is 0.247. The average molecular weight is 293 g/mol. The van der Waals surface area contributed by atoms with Gasteiger partial charge in [0.1, 0.15) is 4.60 Å². The van der Waals surface area contributed by atoms with Crippen LogP contribution in [0.5, 0.6) is 0 Å². The van der Waals surface area contributed by atoms with Gasteiger partial charge >= 0.3 is 0 Å². The van der Waals surface area contributed by atoms with Gasteiger partial charge in [-0.2, -0.15) is 0 Å². The minimum atomic E-state index is 0.917. The van der Waals surface area contributed by atoms with Gasteiger partial charge in [-0.25, -0.2) is 4.98 Å². The topological polar surface area (TPSA) is 16.1 Å². The maximum absolute atomic E-state index is 4.46. The predicted molar refractivity (Wildman–Crippen MR) is 73.7 cm³/mol. The highest BCUT2D eigenvalue weighted by atomic mass is 79.9. The minimum Gasteiger partial charge on any atom is -0.300 e. The van der Waals surface area contributed by atoms with E-state index in [-0.39, 0.29) is 0 Å². The van der Waals surface area contributed by atoms with Crippen molar-refractivity contribution in [1.29, 1.82) is 0 Å². The summed E-state index contributed by atoms with van der Waals surface area (Å²) in [7, 11) is 0. The molecule has 0 unspecified atom stereocenters. The molecule has 0 bridgehead atoms. The second kappa shape index (κ2) is 4.91. The minimum absolute atomic E-state index is 0.917. The van der Waals surface area contributed by atoms with Gasteiger partial charge in [0.15, 0.2) is 0 Å².